The number of nitrogens with zero attached hydrogens (tertiary/aromatic N) is 1. The van der Waals surface area contributed by atoms with E-state index >= 15 is 0 Å². The van der Waals surface area contributed by atoms with Crippen LogP contribution < -0.4 is 5.73 Å². The zero-order valence-electron chi connectivity index (χ0n) is 22.9. The lowest BCUT2D eigenvalue weighted by Crippen LogP contribution is -2.15. The Morgan fingerprint density at radius 2 is 1.19 bits per heavy atom. The summed E-state index contributed by atoms with van der Waals surface area (Å²) < 4.78 is 5.98. The molecule has 1 aromatic heterocycles. The van der Waals surface area contributed by atoms with Crippen LogP contribution in [0.25, 0.3) is 55.3 Å². The van der Waals surface area contributed by atoms with E-state index in [2.05, 4.69) is 84.9 Å². The number of fused-ring (bicyclic) bond motifs is 3. The third-order valence-corrected chi connectivity index (χ3v) is 8.02. The van der Waals surface area contributed by atoms with Crippen LogP contribution in [0.2, 0.25) is 0 Å². The molecular formula is C38H28N2OS. The molecule has 0 radical (unpaired) electrons. The van der Waals surface area contributed by atoms with Crippen LogP contribution in [-0.4, -0.2) is 5.84 Å². The normalized spacial score (nSPS) is 11.8. The summed E-state index contributed by atoms with van der Waals surface area (Å²) in [4.78, 5) is 5.67. The number of amidine groups is 1. The van der Waals surface area contributed by atoms with E-state index in [4.69, 9.17) is 27.8 Å². The maximum Gasteiger partial charge on any atom is 0.135 e. The van der Waals surface area contributed by atoms with Gasteiger partial charge in [-0.25, -0.2) is 0 Å². The average molecular weight is 561 g/mol. The van der Waals surface area contributed by atoms with Crippen molar-refractivity contribution in [3.8, 4) is 33.4 Å². The molecule has 0 unspecified atom stereocenters. The highest BCUT2D eigenvalue weighted by Gasteiger charge is 2.14. The van der Waals surface area contributed by atoms with Gasteiger partial charge in [-0.15, -0.1) is 12.6 Å². The van der Waals surface area contributed by atoms with Crippen LogP contribution in [0.4, 0.5) is 0 Å². The maximum atomic E-state index is 6.66. The highest BCUT2D eigenvalue weighted by atomic mass is 32.1. The number of thiol groups is 1. The van der Waals surface area contributed by atoms with E-state index in [0.29, 0.717) is 12.4 Å². The maximum absolute atomic E-state index is 6.66. The van der Waals surface area contributed by atoms with Crippen molar-refractivity contribution in [3.63, 3.8) is 0 Å². The fourth-order valence-electron chi connectivity index (χ4n) is 5.55. The largest absolute Gasteiger partial charge is 0.456 e. The second-order valence-corrected chi connectivity index (χ2v) is 10.8. The zero-order valence-corrected chi connectivity index (χ0v) is 23.8. The highest BCUT2D eigenvalue weighted by Crippen LogP contribution is 2.35. The highest BCUT2D eigenvalue weighted by molar-refractivity contribution is 7.80. The number of hydrogen-bond acceptors (Lipinski definition) is 3. The van der Waals surface area contributed by atoms with Crippen LogP contribution in [0.1, 0.15) is 11.1 Å². The van der Waals surface area contributed by atoms with E-state index < -0.39 is 0 Å². The molecule has 3 nitrogen and oxygen atoms in total. The second kappa shape index (κ2) is 11.1. The zero-order chi connectivity index (χ0) is 28.5. The van der Waals surface area contributed by atoms with E-state index in [0.717, 1.165) is 60.2 Å². The minimum Gasteiger partial charge on any atom is -0.456 e. The molecule has 42 heavy (non-hydrogen) atoms. The van der Waals surface area contributed by atoms with Gasteiger partial charge in [0.25, 0.3) is 0 Å². The molecule has 0 aliphatic carbocycles. The fourth-order valence-corrected chi connectivity index (χ4v) is 5.89. The first-order valence-electron chi connectivity index (χ1n) is 13.9. The fraction of sp³-hybridized carbons (Fsp3) is 0.0263. The third-order valence-electron chi connectivity index (χ3n) is 7.65. The third kappa shape index (κ3) is 4.98. The second-order valence-electron chi connectivity index (χ2n) is 10.4. The molecule has 0 aliphatic rings. The summed E-state index contributed by atoms with van der Waals surface area (Å²) in [5.74, 6) is 0.481. The summed E-state index contributed by atoms with van der Waals surface area (Å²) in [5.41, 5.74) is 17.0. The number of hydrogen-bond donors (Lipinski definition) is 2. The Hall–Kier alpha value is -5.06. The Morgan fingerprint density at radius 3 is 2.00 bits per heavy atom. The first-order valence-corrected chi connectivity index (χ1v) is 14.4. The van der Waals surface area contributed by atoms with Gasteiger partial charge in [0.15, 0.2) is 0 Å². The number of aliphatic imine (C=N–C) groups is 1. The lowest BCUT2D eigenvalue weighted by atomic mass is 9.94. The van der Waals surface area contributed by atoms with Gasteiger partial charge in [-0.2, -0.15) is 0 Å². The van der Waals surface area contributed by atoms with Crippen LogP contribution >= 0.6 is 12.6 Å². The summed E-state index contributed by atoms with van der Waals surface area (Å²) in [6.45, 7) is 0.462. The van der Waals surface area contributed by atoms with Crippen molar-refractivity contribution in [1.29, 1.82) is 0 Å². The van der Waals surface area contributed by atoms with Crippen molar-refractivity contribution in [2.45, 2.75) is 11.4 Å². The smallest absolute Gasteiger partial charge is 0.135 e. The van der Waals surface area contributed by atoms with Gasteiger partial charge in [-0.05, 0) is 69.8 Å². The van der Waals surface area contributed by atoms with Crippen LogP contribution in [0.15, 0.2) is 154 Å². The van der Waals surface area contributed by atoms with Crippen molar-refractivity contribution >= 4 is 40.4 Å². The number of nitrogens with two attached hydrogens (primary N) is 1. The molecule has 4 heteroatoms. The van der Waals surface area contributed by atoms with E-state index in [9.17, 15) is 0 Å². The molecule has 1 heterocycles. The molecule has 7 rings (SSSR count). The van der Waals surface area contributed by atoms with Crippen LogP contribution in [0, 0.1) is 0 Å². The predicted molar refractivity (Wildman–Crippen MR) is 178 cm³/mol. The minimum absolute atomic E-state index is 0.462. The van der Waals surface area contributed by atoms with Gasteiger partial charge >= 0.3 is 0 Å². The van der Waals surface area contributed by atoms with Crippen LogP contribution in [-0.2, 0) is 6.54 Å². The molecule has 0 atom stereocenters. The molecule has 0 saturated carbocycles. The monoisotopic (exact) mass is 560 g/mol. The molecule has 2 N–H and O–H groups in total. The summed E-state index contributed by atoms with van der Waals surface area (Å²) in [6, 6.07) is 47.9. The van der Waals surface area contributed by atoms with Gasteiger partial charge in [0.05, 0.1) is 6.54 Å². The summed E-state index contributed by atoms with van der Waals surface area (Å²) in [6.07, 6.45) is 0. The Labute approximate surface area is 250 Å². The van der Waals surface area contributed by atoms with Crippen molar-refractivity contribution in [1.82, 2.24) is 0 Å². The molecule has 0 bridgehead atoms. The molecule has 202 valence electrons. The SMILES string of the molecule is NC(=NCc1ccc2oc3ccccc3c2c1)c1cccc(S)c1-c1cccc(-c2cccc(-c3ccccc3)c2)c1. The Bertz CT molecular complexity index is 2090. The standard InChI is InChI=1S/C38H28N2OS/c39-38(40-24-25-19-20-35-33(21-25)31-15-4-5-17-34(31)41-35)32-16-8-18-36(42)37(32)30-14-7-13-29(23-30)28-12-6-11-27(22-28)26-9-2-1-3-10-26/h1-23,42H,24H2,(H2,39,40). The first-order chi connectivity index (χ1) is 20.6. The van der Waals surface area contributed by atoms with E-state index in [1.54, 1.807) is 0 Å². The molecule has 0 spiro atoms. The first kappa shape index (κ1) is 25.9. The van der Waals surface area contributed by atoms with Crippen molar-refractivity contribution in [2.75, 3.05) is 0 Å². The van der Waals surface area contributed by atoms with E-state index in [1.165, 1.54) is 11.1 Å². The summed E-state index contributed by atoms with van der Waals surface area (Å²) in [5, 5.41) is 2.19. The Balaban J connectivity index is 1.22. The van der Waals surface area contributed by atoms with Crippen molar-refractivity contribution in [3.05, 3.63) is 151 Å². The van der Waals surface area contributed by atoms with Gasteiger partial charge in [0.1, 0.15) is 17.0 Å². The number of rotatable bonds is 6. The molecule has 0 saturated heterocycles. The minimum atomic E-state index is 0.462. The molecular weight excluding hydrogens is 532 g/mol. The van der Waals surface area contributed by atoms with Crippen LogP contribution in [0.3, 0.4) is 0 Å². The van der Waals surface area contributed by atoms with Gasteiger partial charge in [0, 0.05) is 26.8 Å². The predicted octanol–water partition coefficient (Wildman–Crippen LogP) is 9.78. The Morgan fingerprint density at radius 1 is 0.571 bits per heavy atom. The van der Waals surface area contributed by atoms with Gasteiger partial charge < -0.3 is 10.2 Å². The number of furan rings is 1. The summed E-state index contributed by atoms with van der Waals surface area (Å²) in [7, 11) is 0. The van der Waals surface area contributed by atoms with Gasteiger partial charge in [0.2, 0.25) is 0 Å². The topological polar surface area (TPSA) is 51.5 Å². The van der Waals surface area contributed by atoms with Gasteiger partial charge in [-0.1, -0.05) is 103 Å². The molecule has 7 aromatic rings. The number of benzene rings is 6. The lowest BCUT2D eigenvalue weighted by molar-refractivity contribution is 0.669. The molecule has 0 amide bonds. The summed E-state index contributed by atoms with van der Waals surface area (Å²) >= 11 is 4.84. The van der Waals surface area contributed by atoms with Crippen LogP contribution in [0.5, 0.6) is 0 Å². The molecule has 0 aliphatic heterocycles. The van der Waals surface area contributed by atoms with E-state index in [1.807, 2.05) is 54.6 Å². The average Bonchev–Trinajstić information content (AvgIpc) is 3.42. The molecule has 6 aromatic carbocycles. The Kier molecular flexibility index (Phi) is 6.82. The van der Waals surface area contributed by atoms with Crippen molar-refractivity contribution < 1.29 is 4.42 Å². The quantitative estimate of drug-likeness (QED) is 0.121. The lowest BCUT2D eigenvalue weighted by Gasteiger charge is -2.14. The number of para-hydroxylation sites is 1. The van der Waals surface area contributed by atoms with Gasteiger partial charge in [-0.3, -0.25) is 4.99 Å². The van der Waals surface area contributed by atoms with Crippen molar-refractivity contribution in [2.24, 2.45) is 10.7 Å². The molecule has 0 fully saturated rings. The van der Waals surface area contributed by atoms with E-state index in [-0.39, 0.29) is 0 Å².